The third-order valence-electron chi connectivity index (χ3n) is 4.43. The molecule has 20 heavy (non-hydrogen) atoms. The molecule has 1 aromatic carbocycles. The summed E-state index contributed by atoms with van der Waals surface area (Å²) in [6, 6.07) is 9.72. The van der Waals surface area contributed by atoms with E-state index in [0.717, 1.165) is 17.5 Å². The van der Waals surface area contributed by atoms with E-state index >= 15 is 0 Å². The van der Waals surface area contributed by atoms with Crippen LogP contribution in [0, 0.1) is 0 Å². The van der Waals surface area contributed by atoms with Crippen molar-refractivity contribution in [1.29, 1.82) is 0 Å². The number of para-hydroxylation sites is 2. The van der Waals surface area contributed by atoms with Crippen LogP contribution in [0.3, 0.4) is 0 Å². The van der Waals surface area contributed by atoms with Crippen LogP contribution in [0.25, 0.3) is 0 Å². The van der Waals surface area contributed by atoms with Gasteiger partial charge in [-0.05, 0) is 58.2 Å². The molecule has 0 radical (unpaired) electrons. The molecule has 2 atom stereocenters. The van der Waals surface area contributed by atoms with E-state index < -0.39 is 0 Å². The van der Waals surface area contributed by atoms with Gasteiger partial charge in [0, 0.05) is 18.6 Å². The summed E-state index contributed by atoms with van der Waals surface area (Å²) in [6.45, 7) is 6.71. The summed E-state index contributed by atoms with van der Waals surface area (Å²) < 4.78 is 5.90. The molecule has 3 rings (SSSR count). The molecule has 0 saturated carbocycles. The van der Waals surface area contributed by atoms with Crippen LogP contribution in [0.15, 0.2) is 24.3 Å². The molecule has 2 heterocycles. The second kappa shape index (κ2) is 6.04. The lowest BCUT2D eigenvalue weighted by atomic mass is 9.97. The quantitative estimate of drug-likeness (QED) is 0.909. The Bertz CT molecular complexity index is 446. The zero-order chi connectivity index (χ0) is 13.9. The van der Waals surface area contributed by atoms with Crippen LogP contribution in [0.2, 0.25) is 0 Å². The molecule has 2 aliphatic rings. The first-order chi connectivity index (χ1) is 9.72. The van der Waals surface area contributed by atoms with Gasteiger partial charge in [-0.1, -0.05) is 12.1 Å². The molecule has 3 nitrogen and oxygen atoms in total. The number of anilines is 1. The molecule has 2 aliphatic heterocycles. The van der Waals surface area contributed by atoms with Gasteiger partial charge in [0.1, 0.15) is 5.75 Å². The van der Waals surface area contributed by atoms with E-state index in [1.165, 1.54) is 38.8 Å². The maximum atomic E-state index is 5.90. The van der Waals surface area contributed by atoms with Crippen molar-refractivity contribution in [1.82, 2.24) is 4.90 Å². The monoisotopic (exact) mass is 274 g/mol. The smallest absolute Gasteiger partial charge is 0.142 e. The van der Waals surface area contributed by atoms with Crippen molar-refractivity contribution < 1.29 is 4.74 Å². The van der Waals surface area contributed by atoms with E-state index in [1.807, 2.05) is 6.07 Å². The third kappa shape index (κ3) is 3.09. The van der Waals surface area contributed by atoms with Crippen molar-refractivity contribution in [2.24, 2.45) is 0 Å². The molecular weight excluding hydrogens is 248 g/mol. The number of piperidine rings is 1. The molecule has 2 unspecified atom stereocenters. The normalized spacial score (nSPS) is 26.6. The first-order valence-corrected chi connectivity index (χ1v) is 7.98. The highest BCUT2D eigenvalue weighted by molar-refractivity contribution is 5.56. The average Bonchev–Trinajstić information content (AvgIpc) is 2.88. The number of rotatable bonds is 4. The molecule has 0 amide bonds. The number of nitrogens with one attached hydrogen (secondary N) is 1. The lowest BCUT2D eigenvalue weighted by molar-refractivity contribution is 0.187. The van der Waals surface area contributed by atoms with Gasteiger partial charge in [0.15, 0.2) is 0 Å². The standard InChI is InChI=1S/C17H26N2O/c1-13(2)20-17-8-4-3-7-16(17)18-14-9-11-19-10-5-6-15(19)12-14/h3-4,7-8,13-15,18H,5-6,9-12H2,1-2H3. The van der Waals surface area contributed by atoms with Crippen molar-refractivity contribution in [3.05, 3.63) is 24.3 Å². The van der Waals surface area contributed by atoms with Crippen molar-refractivity contribution >= 4 is 5.69 Å². The predicted octanol–water partition coefficient (Wildman–Crippen LogP) is 3.51. The van der Waals surface area contributed by atoms with Crippen molar-refractivity contribution in [2.45, 2.75) is 57.7 Å². The van der Waals surface area contributed by atoms with Crippen LogP contribution in [0.4, 0.5) is 5.69 Å². The minimum Gasteiger partial charge on any atom is -0.489 e. The van der Waals surface area contributed by atoms with Crippen molar-refractivity contribution in [3.63, 3.8) is 0 Å². The molecule has 0 aliphatic carbocycles. The molecule has 0 bridgehead atoms. The summed E-state index contributed by atoms with van der Waals surface area (Å²) >= 11 is 0. The van der Waals surface area contributed by atoms with E-state index in [9.17, 15) is 0 Å². The minimum absolute atomic E-state index is 0.217. The van der Waals surface area contributed by atoms with Gasteiger partial charge in [0.05, 0.1) is 11.8 Å². The number of fused-ring (bicyclic) bond motifs is 1. The minimum atomic E-state index is 0.217. The summed E-state index contributed by atoms with van der Waals surface area (Å²) in [5, 5.41) is 3.72. The topological polar surface area (TPSA) is 24.5 Å². The molecule has 3 heteroatoms. The number of benzene rings is 1. The van der Waals surface area contributed by atoms with E-state index in [2.05, 4.69) is 42.3 Å². The van der Waals surface area contributed by atoms with Crippen molar-refractivity contribution in [3.8, 4) is 5.75 Å². The highest BCUT2D eigenvalue weighted by atomic mass is 16.5. The Morgan fingerprint density at radius 3 is 2.90 bits per heavy atom. The second-order valence-electron chi connectivity index (χ2n) is 6.36. The molecule has 0 aromatic heterocycles. The van der Waals surface area contributed by atoms with Crippen LogP contribution in [-0.2, 0) is 0 Å². The van der Waals surface area contributed by atoms with Crippen LogP contribution in [0.1, 0.15) is 39.5 Å². The molecule has 2 saturated heterocycles. The average molecular weight is 274 g/mol. The summed E-state index contributed by atoms with van der Waals surface area (Å²) in [7, 11) is 0. The van der Waals surface area contributed by atoms with Crippen LogP contribution < -0.4 is 10.1 Å². The van der Waals surface area contributed by atoms with Gasteiger partial charge in [0.25, 0.3) is 0 Å². The molecule has 1 aromatic rings. The number of hydrogen-bond acceptors (Lipinski definition) is 3. The Balaban J connectivity index is 1.65. The fraction of sp³-hybridized carbons (Fsp3) is 0.647. The van der Waals surface area contributed by atoms with E-state index in [-0.39, 0.29) is 6.10 Å². The highest BCUT2D eigenvalue weighted by Crippen LogP contribution is 2.31. The Morgan fingerprint density at radius 1 is 1.20 bits per heavy atom. The number of nitrogens with zero attached hydrogens (tertiary/aromatic N) is 1. The first-order valence-electron chi connectivity index (χ1n) is 7.98. The van der Waals surface area contributed by atoms with Gasteiger partial charge in [-0.3, -0.25) is 0 Å². The molecular formula is C17H26N2O. The summed E-state index contributed by atoms with van der Waals surface area (Å²) in [5.74, 6) is 0.983. The summed E-state index contributed by atoms with van der Waals surface area (Å²) in [5.41, 5.74) is 1.15. The zero-order valence-electron chi connectivity index (χ0n) is 12.6. The Kier molecular flexibility index (Phi) is 4.16. The van der Waals surface area contributed by atoms with E-state index in [4.69, 9.17) is 4.74 Å². The fourth-order valence-electron chi connectivity index (χ4n) is 3.52. The van der Waals surface area contributed by atoms with Crippen molar-refractivity contribution in [2.75, 3.05) is 18.4 Å². The van der Waals surface area contributed by atoms with Gasteiger partial charge in [0.2, 0.25) is 0 Å². The maximum Gasteiger partial charge on any atom is 0.142 e. The predicted molar refractivity (Wildman–Crippen MR) is 83.4 cm³/mol. The zero-order valence-corrected chi connectivity index (χ0v) is 12.6. The third-order valence-corrected chi connectivity index (χ3v) is 4.43. The van der Waals surface area contributed by atoms with Gasteiger partial charge >= 0.3 is 0 Å². The number of ether oxygens (including phenoxy) is 1. The molecule has 0 spiro atoms. The Labute approximate surface area is 122 Å². The Hall–Kier alpha value is -1.22. The van der Waals surface area contributed by atoms with Gasteiger partial charge in [-0.25, -0.2) is 0 Å². The largest absolute Gasteiger partial charge is 0.489 e. The van der Waals surface area contributed by atoms with E-state index in [0.29, 0.717) is 6.04 Å². The first kappa shape index (κ1) is 13.7. The summed E-state index contributed by atoms with van der Waals surface area (Å²) in [6.07, 6.45) is 5.49. The highest BCUT2D eigenvalue weighted by Gasteiger charge is 2.31. The Morgan fingerprint density at radius 2 is 2.05 bits per heavy atom. The van der Waals surface area contributed by atoms with Crippen LogP contribution in [-0.4, -0.2) is 36.2 Å². The summed E-state index contributed by atoms with van der Waals surface area (Å²) in [4.78, 5) is 2.66. The lowest BCUT2D eigenvalue weighted by Gasteiger charge is -2.35. The molecule has 1 N–H and O–H groups in total. The molecule has 2 fully saturated rings. The van der Waals surface area contributed by atoms with Crippen LogP contribution in [0.5, 0.6) is 5.75 Å². The van der Waals surface area contributed by atoms with Crippen LogP contribution >= 0.6 is 0 Å². The second-order valence-corrected chi connectivity index (χ2v) is 6.36. The SMILES string of the molecule is CC(C)Oc1ccccc1NC1CCN2CCCC2C1. The lowest BCUT2D eigenvalue weighted by Crippen LogP contribution is -2.42. The molecule has 110 valence electrons. The maximum absolute atomic E-state index is 5.90. The van der Waals surface area contributed by atoms with E-state index in [1.54, 1.807) is 0 Å². The fourth-order valence-corrected chi connectivity index (χ4v) is 3.52. The van der Waals surface area contributed by atoms with Gasteiger partial charge in [-0.2, -0.15) is 0 Å². The number of hydrogen-bond donors (Lipinski definition) is 1. The van der Waals surface area contributed by atoms with Gasteiger partial charge in [-0.15, -0.1) is 0 Å². The van der Waals surface area contributed by atoms with Gasteiger partial charge < -0.3 is 15.0 Å².